The summed E-state index contributed by atoms with van der Waals surface area (Å²) >= 11 is 3.31. The number of benzene rings is 1. The lowest BCUT2D eigenvalue weighted by atomic mass is 9.95. The van der Waals surface area contributed by atoms with Gasteiger partial charge in [-0.15, -0.1) is 0 Å². The topological polar surface area (TPSA) is 37.3 Å². The van der Waals surface area contributed by atoms with Gasteiger partial charge < -0.3 is 5.11 Å². The minimum Gasteiger partial charge on any atom is -0.481 e. The molecule has 14 heavy (non-hydrogen) atoms. The minimum atomic E-state index is -0.739. The summed E-state index contributed by atoms with van der Waals surface area (Å²) in [5.74, 6) is -1.11. The molecule has 1 rings (SSSR count). The molecule has 1 aromatic rings. The van der Waals surface area contributed by atoms with Gasteiger partial charge in [0.15, 0.2) is 0 Å². The summed E-state index contributed by atoms with van der Waals surface area (Å²) < 4.78 is 0. The van der Waals surface area contributed by atoms with Crippen LogP contribution in [0, 0.1) is 0 Å². The number of hydrogen-bond acceptors (Lipinski definition) is 1. The smallest absolute Gasteiger partial charge is 0.310 e. The van der Waals surface area contributed by atoms with Crippen LogP contribution < -0.4 is 0 Å². The van der Waals surface area contributed by atoms with Gasteiger partial charge in [-0.1, -0.05) is 46.3 Å². The lowest BCUT2D eigenvalue weighted by Gasteiger charge is -2.11. The molecule has 76 valence electrons. The van der Waals surface area contributed by atoms with E-state index >= 15 is 0 Å². The maximum atomic E-state index is 11.0. The SMILES string of the molecule is O=C(O)[C@H](CCCBr)c1ccccc1. The second kappa shape index (κ2) is 5.81. The summed E-state index contributed by atoms with van der Waals surface area (Å²) in [5.41, 5.74) is 0.890. The summed E-state index contributed by atoms with van der Waals surface area (Å²) in [6.45, 7) is 0. The molecule has 0 aliphatic heterocycles. The van der Waals surface area contributed by atoms with E-state index in [4.69, 9.17) is 5.11 Å². The molecular weight excluding hydrogens is 244 g/mol. The van der Waals surface area contributed by atoms with Crippen LogP contribution in [0.5, 0.6) is 0 Å². The highest BCUT2D eigenvalue weighted by Crippen LogP contribution is 2.21. The van der Waals surface area contributed by atoms with Gasteiger partial charge in [0.05, 0.1) is 5.92 Å². The molecule has 1 N–H and O–H groups in total. The Morgan fingerprint density at radius 1 is 1.36 bits per heavy atom. The largest absolute Gasteiger partial charge is 0.481 e. The first-order chi connectivity index (χ1) is 6.75. The monoisotopic (exact) mass is 256 g/mol. The molecular formula is C11H13BrO2. The fraction of sp³-hybridized carbons (Fsp3) is 0.364. The van der Waals surface area contributed by atoms with Crippen molar-refractivity contribution < 1.29 is 9.90 Å². The van der Waals surface area contributed by atoms with Gasteiger partial charge in [-0.3, -0.25) is 4.79 Å². The Morgan fingerprint density at radius 2 is 2.00 bits per heavy atom. The van der Waals surface area contributed by atoms with Gasteiger partial charge in [0.2, 0.25) is 0 Å². The number of carboxylic acids is 1. The average molecular weight is 257 g/mol. The zero-order chi connectivity index (χ0) is 10.4. The van der Waals surface area contributed by atoms with E-state index < -0.39 is 5.97 Å². The summed E-state index contributed by atoms with van der Waals surface area (Å²) in [4.78, 5) is 11.0. The Morgan fingerprint density at radius 3 is 2.50 bits per heavy atom. The van der Waals surface area contributed by atoms with Gasteiger partial charge in [0, 0.05) is 5.33 Å². The van der Waals surface area contributed by atoms with Crippen molar-refractivity contribution in [1.82, 2.24) is 0 Å². The fourth-order valence-electron chi connectivity index (χ4n) is 1.40. The summed E-state index contributed by atoms with van der Waals surface area (Å²) in [6.07, 6.45) is 1.57. The molecule has 0 aliphatic rings. The summed E-state index contributed by atoms with van der Waals surface area (Å²) in [6, 6.07) is 9.38. The first-order valence-corrected chi connectivity index (χ1v) is 5.71. The average Bonchev–Trinajstić information content (AvgIpc) is 2.19. The number of alkyl halides is 1. The Hall–Kier alpha value is -0.830. The maximum Gasteiger partial charge on any atom is 0.310 e. The third kappa shape index (κ3) is 3.14. The molecule has 0 radical (unpaired) electrons. The Bertz CT molecular complexity index is 285. The second-order valence-electron chi connectivity index (χ2n) is 3.13. The predicted molar refractivity (Wildman–Crippen MR) is 59.8 cm³/mol. The van der Waals surface area contributed by atoms with Crippen molar-refractivity contribution in [3.8, 4) is 0 Å². The molecule has 0 saturated heterocycles. The number of halogens is 1. The van der Waals surface area contributed by atoms with E-state index in [1.807, 2.05) is 30.3 Å². The van der Waals surface area contributed by atoms with Crippen molar-refractivity contribution in [1.29, 1.82) is 0 Å². The quantitative estimate of drug-likeness (QED) is 0.823. The van der Waals surface area contributed by atoms with Crippen LogP contribution in [0.25, 0.3) is 0 Å². The van der Waals surface area contributed by atoms with Crippen molar-refractivity contribution in [2.75, 3.05) is 5.33 Å². The van der Waals surface area contributed by atoms with Gasteiger partial charge >= 0.3 is 5.97 Å². The van der Waals surface area contributed by atoms with Gasteiger partial charge in [0.1, 0.15) is 0 Å². The molecule has 0 bridgehead atoms. The molecule has 0 aliphatic carbocycles. The number of rotatable bonds is 5. The molecule has 0 spiro atoms. The zero-order valence-corrected chi connectivity index (χ0v) is 9.40. The highest BCUT2D eigenvalue weighted by molar-refractivity contribution is 9.09. The van der Waals surface area contributed by atoms with E-state index in [-0.39, 0.29) is 5.92 Å². The molecule has 2 nitrogen and oxygen atoms in total. The molecule has 0 saturated carbocycles. The van der Waals surface area contributed by atoms with Gasteiger partial charge in [-0.2, -0.15) is 0 Å². The fourth-order valence-corrected chi connectivity index (χ4v) is 1.72. The first-order valence-electron chi connectivity index (χ1n) is 4.59. The molecule has 1 atom stereocenters. The molecule has 1 aromatic carbocycles. The molecule has 0 fully saturated rings. The zero-order valence-electron chi connectivity index (χ0n) is 7.82. The highest BCUT2D eigenvalue weighted by atomic mass is 79.9. The second-order valence-corrected chi connectivity index (χ2v) is 3.93. The van der Waals surface area contributed by atoms with Crippen LogP contribution in [-0.2, 0) is 4.79 Å². The van der Waals surface area contributed by atoms with Crippen molar-refractivity contribution in [3.63, 3.8) is 0 Å². The number of aliphatic carboxylic acids is 1. The molecule has 3 heteroatoms. The summed E-state index contributed by atoms with van der Waals surface area (Å²) in [7, 11) is 0. The van der Waals surface area contributed by atoms with Crippen LogP contribution >= 0.6 is 15.9 Å². The van der Waals surface area contributed by atoms with E-state index in [0.29, 0.717) is 6.42 Å². The Kier molecular flexibility index (Phi) is 4.66. The van der Waals surface area contributed by atoms with Crippen LogP contribution in [0.4, 0.5) is 0 Å². The molecule has 0 heterocycles. The number of carboxylic acid groups (broad SMARTS) is 1. The third-order valence-corrected chi connectivity index (χ3v) is 2.69. The van der Waals surface area contributed by atoms with Gasteiger partial charge in [-0.25, -0.2) is 0 Å². The third-order valence-electron chi connectivity index (χ3n) is 2.13. The molecule has 0 aromatic heterocycles. The Balaban J connectivity index is 2.73. The first kappa shape index (κ1) is 11.2. The van der Waals surface area contributed by atoms with Crippen molar-refractivity contribution >= 4 is 21.9 Å². The Labute approximate surface area is 92.1 Å². The molecule has 0 unspecified atom stereocenters. The van der Waals surface area contributed by atoms with Crippen LogP contribution in [-0.4, -0.2) is 16.4 Å². The van der Waals surface area contributed by atoms with E-state index in [9.17, 15) is 4.79 Å². The normalized spacial score (nSPS) is 12.4. The lowest BCUT2D eigenvalue weighted by molar-refractivity contribution is -0.139. The van der Waals surface area contributed by atoms with E-state index in [0.717, 1.165) is 17.3 Å². The highest BCUT2D eigenvalue weighted by Gasteiger charge is 2.18. The maximum absolute atomic E-state index is 11.0. The predicted octanol–water partition coefficient (Wildman–Crippen LogP) is 3.03. The number of carbonyl (C=O) groups is 1. The van der Waals surface area contributed by atoms with Gasteiger partial charge in [0.25, 0.3) is 0 Å². The van der Waals surface area contributed by atoms with Crippen LogP contribution in [0.2, 0.25) is 0 Å². The van der Waals surface area contributed by atoms with Gasteiger partial charge in [-0.05, 0) is 18.4 Å². The lowest BCUT2D eigenvalue weighted by Crippen LogP contribution is -2.11. The standard InChI is InChI=1S/C11H13BrO2/c12-8-4-7-10(11(13)14)9-5-2-1-3-6-9/h1-3,5-6,10H,4,7-8H2,(H,13,14)/t10-/m1/s1. The van der Waals surface area contributed by atoms with Crippen molar-refractivity contribution in [3.05, 3.63) is 35.9 Å². The molecule has 0 amide bonds. The van der Waals surface area contributed by atoms with Crippen LogP contribution in [0.15, 0.2) is 30.3 Å². The summed E-state index contributed by atoms with van der Waals surface area (Å²) in [5, 5.41) is 9.89. The van der Waals surface area contributed by atoms with Crippen LogP contribution in [0.3, 0.4) is 0 Å². The van der Waals surface area contributed by atoms with E-state index in [1.165, 1.54) is 0 Å². The van der Waals surface area contributed by atoms with Crippen molar-refractivity contribution in [2.45, 2.75) is 18.8 Å². The minimum absolute atomic E-state index is 0.367. The van der Waals surface area contributed by atoms with Crippen molar-refractivity contribution in [2.24, 2.45) is 0 Å². The number of hydrogen-bond donors (Lipinski definition) is 1. The van der Waals surface area contributed by atoms with E-state index in [1.54, 1.807) is 0 Å². The van der Waals surface area contributed by atoms with E-state index in [2.05, 4.69) is 15.9 Å². The van der Waals surface area contributed by atoms with Crippen LogP contribution in [0.1, 0.15) is 24.3 Å².